The standard InChI is InChI=1S/C15H9Br2FO2/c16-9-4-5-11(17)10(7-9)14(19)13-6-8-2-1-3-12(18)15(8)20-13/h1-7,14,19H. The third-order valence-electron chi connectivity index (χ3n) is 3.04. The van der Waals surface area contributed by atoms with Crippen molar-refractivity contribution in [2.75, 3.05) is 0 Å². The molecule has 0 bridgehead atoms. The quantitative estimate of drug-likeness (QED) is 0.644. The number of aliphatic hydroxyl groups is 1. The van der Waals surface area contributed by atoms with Crippen molar-refractivity contribution < 1.29 is 13.9 Å². The summed E-state index contributed by atoms with van der Waals surface area (Å²) in [4.78, 5) is 0. The van der Waals surface area contributed by atoms with E-state index in [4.69, 9.17) is 4.42 Å². The fourth-order valence-corrected chi connectivity index (χ4v) is 2.90. The molecule has 0 amide bonds. The van der Waals surface area contributed by atoms with E-state index in [0.717, 1.165) is 8.95 Å². The van der Waals surface area contributed by atoms with Gasteiger partial charge in [-0.25, -0.2) is 4.39 Å². The number of para-hydroxylation sites is 1. The number of hydrogen-bond donors (Lipinski definition) is 1. The van der Waals surface area contributed by atoms with Gasteiger partial charge in [0, 0.05) is 19.9 Å². The molecule has 2 nitrogen and oxygen atoms in total. The Morgan fingerprint density at radius 2 is 1.90 bits per heavy atom. The molecule has 0 fully saturated rings. The van der Waals surface area contributed by atoms with E-state index in [1.165, 1.54) is 6.07 Å². The number of hydrogen-bond acceptors (Lipinski definition) is 2. The van der Waals surface area contributed by atoms with Gasteiger partial charge in [-0.3, -0.25) is 0 Å². The molecule has 3 aromatic rings. The predicted molar refractivity (Wildman–Crippen MR) is 82.1 cm³/mol. The molecular formula is C15H9Br2FO2. The van der Waals surface area contributed by atoms with Gasteiger partial charge >= 0.3 is 0 Å². The summed E-state index contributed by atoms with van der Waals surface area (Å²) in [6.07, 6.45) is -0.964. The first kappa shape index (κ1) is 13.8. The minimum atomic E-state index is -0.964. The Balaban J connectivity index is 2.10. The first-order valence-corrected chi connectivity index (χ1v) is 7.46. The van der Waals surface area contributed by atoms with Crippen LogP contribution in [0.4, 0.5) is 4.39 Å². The summed E-state index contributed by atoms with van der Waals surface area (Å²) in [6.45, 7) is 0. The van der Waals surface area contributed by atoms with Crippen LogP contribution in [0.5, 0.6) is 0 Å². The summed E-state index contributed by atoms with van der Waals surface area (Å²) in [6, 6.07) is 11.8. The van der Waals surface area contributed by atoms with Crippen molar-refractivity contribution in [1.29, 1.82) is 0 Å². The maximum atomic E-state index is 13.6. The monoisotopic (exact) mass is 398 g/mol. The first-order valence-electron chi connectivity index (χ1n) is 5.87. The number of rotatable bonds is 2. The summed E-state index contributed by atoms with van der Waals surface area (Å²) in [7, 11) is 0. The SMILES string of the molecule is OC(c1cc2cccc(F)c2o1)c1cc(Br)ccc1Br. The van der Waals surface area contributed by atoms with E-state index in [0.29, 0.717) is 16.7 Å². The average Bonchev–Trinajstić information content (AvgIpc) is 2.86. The fourth-order valence-electron chi connectivity index (χ4n) is 2.06. The molecule has 1 N–H and O–H groups in total. The van der Waals surface area contributed by atoms with E-state index in [1.807, 2.05) is 12.1 Å². The van der Waals surface area contributed by atoms with E-state index >= 15 is 0 Å². The van der Waals surface area contributed by atoms with Gasteiger partial charge in [0.15, 0.2) is 11.4 Å². The molecule has 1 atom stereocenters. The molecule has 0 aliphatic heterocycles. The van der Waals surface area contributed by atoms with Crippen LogP contribution >= 0.6 is 31.9 Å². The van der Waals surface area contributed by atoms with Crippen molar-refractivity contribution in [3.8, 4) is 0 Å². The molecule has 5 heteroatoms. The zero-order chi connectivity index (χ0) is 14.3. The fraction of sp³-hybridized carbons (Fsp3) is 0.0667. The van der Waals surface area contributed by atoms with E-state index in [1.54, 1.807) is 24.3 Å². The Bertz CT molecular complexity index is 783. The molecule has 1 heterocycles. The number of furan rings is 1. The van der Waals surface area contributed by atoms with Crippen molar-refractivity contribution in [3.05, 3.63) is 68.6 Å². The Kier molecular flexibility index (Phi) is 3.67. The van der Waals surface area contributed by atoms with E-state index in [2.05, 4.69) is 31.9 Å². The van der Waals surface area contributed by atoms with Gasteiger partial charge in [-0.15, -0.1) is 0 Å². The minimum Gasteiger partial charge on any atom is -0.455 e. The van der Waals surface area contributed by atoms with Crippen molar-refractivity contribution in [1.82, 2.24) is 0 Å². The topological polar surface area (TPSA) is 33.4 Å². The lowest BCUT2D eigenvalue weighted by atomic mass is 10.1. The Morgan fingerprint density at radius 1 is 1.10 bits per heavy atom. The van der Waals surface area contributed by atoms with Crippen molar-refractivity contribution >= 4 is 42.8 Å². The van der Waals surface area contributed by atoms with Gasteiger partial charge in [-0.2, -0.15) is 0 Å². The highest BCUT2D eigenvalue weighted by Gasteiger charge is 2.19. The van der Waals surface area contributed by atoms with E-state index < -0.39 is 11.9 Å². The van der Waals surface area contributed by atoms with Crippen molar-refractivity contribution in [3.63, 3.8) is 0 Å². The van der Waals surface area contributed by atoms with Gasteiger partial charge in [0.2, 0.25) is 0 Å². The summed E-state index contributed by atoms with van der Waals surface area (Å²) in [5.41, 5.74) is 0.812. The van der Waals surface area contributed by atoms with Crippen LogP contribution < -0.4 is 0 Å². The third-order valence-corrected chi connectivity index (χ3v) is 4.25. The van der Waals surface area contributed by atoms with E-state index in [-0.39, 0.29) is 5.58 Å². The highest BCUT2D eigenvalue weighted by Crippen LogP contribution is 2.34. The second-order valence-corrected chi connectivity index (χ2v) is 6.15. The first-order chi connectivity index (χ1) is 9.56. The normalized spacial score (nSPS) is 12.8. The summed E-state index contributed by atoms with van der Waals surface area (Å²) < 4.78 is 20.7. The molecule has 0 radical (unpaired) electrons. The summed E-state index contributed by atoms with van der Waals surface area (Å²) >= 11 is 6.75. The molecule has 102 valence electrons. The highest BCUT2D eigenvalue weighted by molar-refractivity contribution is 9.11. The van der Waals surface area contributed by atoms with Crippen LogP contribution in [0.1, 0.15) is 17.4 Å². The van der Waals surface area contributed by atoms with Crippen molar-refractivity contribution in [2.45, 2.75) is 6.10 Å². The number of aliphatic hydroxyl groups excluding tert-OH is 1. The molecule has 2 aromatic carbocycles. The smallest absolute Gasteiger partial charge is 0.170 e. The van der Waals surface area contributed by atoms with Gasteiger partial charge in [-0.1, -0.05) is 44.0 Å². The second-order valence-electron chi connectivity index (χ2n) is 4.38. The zero-order valence-corrected chi connectivity index (χ0v) is 13.3. The molecule has 0 spiro atoms. The lowest BCUT2D eigenvalue weighted by molar-refractivity contribution is 0.191. The maximum absolute atomic E-state index is 13.6. The molecule has 0 aliphatic carbocycles. The molecule has 0 aliphatic rings. The number of halogens is 3. The van der Waals surface area contributed by atoms with Gasteiger partial charge in [0.1, 0.15) is 11.9 Å². The highest BCUT2D eigenvalue weighted by atomic mass is 79.9. The van der Waals surface area contributed by atoms with Crippen LogP contribution in [0.2, 0.25) is 0 Å². The zero-order valence-electron chi connectivity index (χ0n) is 10.1. The minimum absolute atomic E-state index is 0.160. The van der Waals surface area contributed by atoms with Crippen LogP contribution in [0.25, 0.3) is 11.0 Å². The van der Waals surface area contributed by atoms with Crippen molar-refractivity contribution in [2.24, 2.45) is 0 Å². The molecule has 1 unspecified atom stereocenters. The molecule has 0 saturated carbocycles. The van der Waals surface area contributed by atoms with Gasteiger partial charge < -0.3 is 9.52 Å². The molecule has 1 aromatic heterocycles. The van der Waals surface area contributed by atoms with Crippen LogP contribution in [0, 0.1) is 5.82 Å². The second kappa shape index (κ2) is 5.31. The molecular weight excluding hydrogens is 391 g/mol. The van der Waals surface area contributed by atoms with Gasteiger partial charge in [-0.05, 0) is 30.3 Å². The Morgan fingerprint density at radius 3 is 2.65 bits per heavy atom. The molecule has 0 saturated heterocycles. The van der Waals surface area contributed by atoms with E-state index in [9.17, 15) is 9.50 Å². The van der Waals surface area contributed by atoms with Crippen LogP contribution in [0.15, 0.2) is 55.8 Å². The van der Waals surface area contributed by atoms with Gasteiger partial charge in [0.05, 0.1) is 0 Å². The maximum Gasteiger partial charge on any atom is 0.170 e. The Hall–Kier alpha value is -1.17. The molecule has 20 heavy (non-hydrogen) atoms. The average molecular weight is 400 g/mol. The Labute approximate surface area is 131 Å². The lowest BCUT2D eigenvalue weighted by Gasteiger charge is -2.10. The van der Waals surface area contributed by atoms with Gasteiger partial charge in [0.25, 0.3) is 0 Å². The number of fused-ring (bicyclic) bond motifs is 1. The third kappa shape index (κ3) is 2.41. The lowest BCUT2D eigenvalue weighted by Crippen LogP contribution is -1.99. The van der Waals surface area contributed by atoms with Crippen LogP contribution in [-0.4, -0.2) is 5.11 Å². The predicted octanol–water partition coefficient (Wildman–Crippen LogP) is 5.18. The summed E-state index contributed by atoms with van der Waals surface area (Å²) in [5, 5.41) is 11.1. The summed E-state index contributed by atoms with van der Waals surface area (Å²) in [5.74, 6) is -0.127. The van der Waals surface area contributed by atoms with Crippen LogP contribution in [-0.2, 0) is 0 Å². The van der Waals surface area contributed by atoms with Crippen LogP contribution in [0.3, 0.4) is 0 Å². The largest absolute Gasteiger partial charge is 0.455 e. The number of benzene rings is 2. The molecule has 3 rings (SSSR count).